The first-order valence-corrected chi connectivity index (χ1v) is 7.68. The molecule has 2 aromatic heterocycles. The number of para-hydroxylation sites is 1. The van der Waals surface area contributed by atoms with Crippen molar-refractivity contribution in [1.82, 2.24) is 14.8 Å². The molecule has 0 atom stereocenters. The number of nitrogen functional groups attached to an aromatic ring is 1. The Balaban J connectivity index is 2.16. The van der Waals surface area contributed by atoms with E-state index in [0.29, 0.717) is 22.2 Å². The van der Waals surface area contributed by atoms with Gasteiger partial charge in [-0.1, -0.05) is 18.2 Å². The summed E-state index contributed by atoms with van der Waals surface area (Å²) in [7, 11) is 1.49. The number of aromatic nitrogens is 3. The highest BCUT2D eigenvalue weighted by molar-refractivity contribution is 6.09. The van der Waals surface area contributed by atoms with Gasteiger partial charge in [0.15, 0.2) is 0 Å². The fourth-order valence-corrected chi connectivity index (χ4v) is 3.07. The fraction of sp³-hybridized carbons (Fsp3) is 0.111. The van der Waals surface area contributed by atoms with Crippen LogP contribution in [0.2, 0.25) is 0 Å². The highest BCUT2D eigenvalue weighted by Crippen LogP contribution is 2.35. The van der Waals surface area contributed by atoms with Crippen LogP contribution in [0, 0.1) is 6.92 Å². The molecule has 0 saturated carbocycles. The average molecular weight is 336 g/mol. The number of methoxy groups -OCH3 is 1. The summed E-state index contributed by atoms with van der Waals surface area (Å²) in [6.45, 7) is 1.94. The van der Waals surface area contributed by atoms with Gasteiger partial charge in [0.2, 0.25) is 0 Å². The molecule has 0 spiro atoms. The van der Waals surface area contributed by atoms with E-state index in [4.69, 9.17) is 10.5 Å². The molecule has 0 saturated heterocycles. The van der Waals surface area contributed by atoms with Crippen LogP contribution in [0.15, 0.2) is 41.2 Å². The van der Waals surface area contributed by atoms with E-state index in [1.165, 1.54) is 17.9 Å². The van der Waals surface area contributed by atoms with Gasteiger partial charge in [0.05, 0.1) is 23.7 Å². The zero-order valence-electron chi connectivity index (χ0n) is 13.7. The number of aryl methyl sites for hydroxylation is 1. The van der Waals surface area contributed by atoms with Gasteiger partial charge in [0.1, 0.15) is 28.2 Å². The van der Waals surface area contributed by atoms with Crippen molar-refractivity contribution < 1.29 is 9.84 Å². The molecule has 4 rings (SSSR count). The van der Waals surface area contributed by atoms with Crippen molar-refractivity contribution in [3.63, 3.8) is 0 Å². The minimum Gasteiger partial charge on any atom is -0.507 e. The van der Waals surface area contributed by atoms with Crippen LogP contribution in [0.5, 0.6) is 11.5 Å². The molecule has 4 aromatic rings. The average Bonchev–Trinajstić information content (AvgIpc) is 2.92. The lowest BCUT2D eigenvalue weighted by molar-refractivity contribution is 0.409. The van der Waals surface area contributed by atoms with Gasteiger partial charge in [0.25, 0.3) is 5.56 Å². The Kier molecular flexibility index (Phi) is 3.18. The SMILES string of the molecule is COc1cc(O)c2c(c1)[nH]c(=O)c1c(N)n(-c3ccccc3C)nc12. The molecule has 0 aliphatic heterocycles. The van der Waals surface area contributed by atoms with E-state index in [2.05, 4.69) is 10.1 Å². The van der Waals surface area contributed by atoms with Crippen LogP contribution < -0.4 is 16.0 Å². The molecule has 4 N–H and O–H groups in total. The van der Waals surface area contributed by atoms with Gasteiger partial charge in [-0.25, -0.2) is 4.68 Å². The Bertz CT molecular complexity index is 1190. The summed E-state index contributed by atoms with van der Waals surface area (Å²) in [5.74, 6) is 0.624. The number of ether oxygens (including phenoxy) is 1. The second-order valence-electron chi connectivity index (χ2n) is 5.83. The van der Waals surface area contributed by atoms with Crippen molar-refractivity contribution in [3.05, 3.63) is 52.3 Å². The molecule has 0 radical (unpaired) electrons. The number of rotatable bonds is 2. The molecule has 0 amide bonds. The highest BCUT2D eigenvalue weighted by atomic mass is 16.5. The molecule has 2 heterocycles. The number of phenols is 1. The van der Waals surface area contributed by atoms with Crippen LogP contribution in [-0.4, -0.2) is 27.0 Å². The zero-order valence-corrected chi connectivity index (χ0v) is 13.7. The second-order valence-corrected chi connectivity index (χ2v) is 5.83. The smallest absolute Gasteiger partial charge is 0.261 e. The summed E-state index contributed by atoms with van der Waals surface area (Å²) in [6.07, 6.45) is 0. The third-order valence-electron chi connectivity index (χ3n) is 4.30. The third kappa shape index (κ3) is 2.13. The normalized spacial score (nSPS) is 11.3. The molecule has 0 aliphatic rings. The summed E-state index contributed by atoms with van der Waals surface area (Å²) in [5.41, 5.74) is 8.37. The van der Waals surface area contributed by atoms with Crippen LogP contribution in [0.25, 0.3) is 27.5 Å². The molecule has 126 valence electrons. The predicted molar refractivity (Wildman–Crippen MR) is 96.6 cm³/mol. The number of aromatic hydroxyl groups is 1. The summed E-state index contributed by atoms with van der Waals surface area (Å²) in [5, 5.41) is 15.6. The first-order chi connectivity index (χ1) is 12.0. The van der Waals surface area contributed by atoms with Gasteiger partial charge in [-0.15, -0.1) is 0 Å². The maximum Gasteiger partial charge on any atom is 0.261 e. The molecule has 0 aliphatic carbocycles. The number of nitrogens with one attached hydrogen (secondary N) is 1. The number of hydrogen-bond donors (Lipinski definition) is 3. The molecule has 2 aromatic carbocycles. The minimum absolute atomic E-state index is 0.0370. The van der Waals surface area contributed by atoms with Gasteiger partial charge >= 0.3 is 0 Å². The second kappa shape index (κ2) is 5.27. The monoisotopic (exact) mass is 336 g/mol. The number of phenolic OH excluding ortho intramolecular Hbond substituents is 1. The summed E-state index contributed by atoms with van der Waals surface area (Å²) < 4.78 is 6.66. The summed E-state index contributed by atoms with van der Waals surface area (Å²) >= 11 is 0. The molecular formula is C18H16N4O3. The van der Waals surface area contributed by atoms with E-state index in [1.807, 2.05) is 31.2 Å². The highest BCUT2D eigenvalue weighted by Gasteiger charge is 2.19. The number of hydrogen-bond acceptors (Lipinski definition) is 5. The van der Waals surface area contributed by atoms with Crippen molar-refractivity contribution in [2.24, 2.45) is 0 Å². The number of nitrogens with zero attached hydrogens (tertiary/aromatic N) is 2. The van der Waals surface area contributed by atoms with Crippen LogP contribution >= 0.6 is 0 Å². The van der Waals surface area contributed by atoms with Gasteiger partial charge in [-0.3, -0.25) is 4.79 Å². The number of anilines is 1. The quantitative estimate of drug-likeness (QED) is 0.521. The Morgan fingerprint density at radius 2 is 2.00 bits per heavy atom. The van der Waals surface area contributed by atoms with E-state index < -0.39 is 0 Å². The lowest BCUT2D eigenvalue weighted by Gasteiger charge is -2.06. The number of nitrogens with two attached hydrogens (primary N) is 1. The van der Waals surface area contributed by atoms with Crippen LogP contribution in [-0.2, 0) is 0 Å². The Morgan fingerprint density at radius 1 is 1.24 bits per heavy atom. The van der Waals surface area contributed by atoms with Crippen molar-refractivity contribution >= 4 is 27.6 Å². The molecule has 25 heavy (non-hydrogen) atoms. The van der Waals surface area contributed by atoms with Crippen molar-refractivity contribution in [1.29, 1.82) is 0 Å². The Morgan fingerprint density at radius 3 is 2.72 bits per heavy atom. The first kappa shape index (κ1) is 15.1. The first-order valence-electron chi connectivity index (χ1n) is 7.68. The maximum atomic E-state index is 12.5. The zero-order chi connectivity index (χ0) is 17.7. The summed E-state index contributed by atoms with van der Waals surface area (Å²) in [4.78, 5) is 15.3. The van der Waals surface area contributed by atoms with E-state index >= 15 is 0 Å². The number of fused-ring (bicyclic) bond motifs is 3. The maximum absolute atomic E-state index is 12.5. The minimum atomic E-state index is -0.368. The van der Waals surface area contributed by atoms with Crippen LogP contribution in [0.1, 0.15) is 5.56 Å². The third-order valence-corrected chi connectivity index (χ3v) is 4.30. The molecule has 0 fully saturated rings. The summed E-state index contributed by atoms with van der Waals surface area (Å²) in [6, 6.07) is 10.7. The van der Waals surface area contributed by atoms with E-state index in [9.17, 15) is 9.90 Å². The van der Waals surface area contributed by atoms with E-state index in [1.54, 1.807) is 6.07 Å². The van der Waals surface area contributed by atoms with Gasteiger partial charge in [-0.05, 0) is 18.6 Å². The topological polar surface area (TPSA) is 106 Å². The predicted octanol–water partition coefficient (Wildman–Crippen LogP) is 2.47. The molecule has 7 nitrogen and oxygen atoms in total. The number of H-pyrrole nitrogens is 1. The standard InChI is InChI=1S/C18H16N4O3/c1-9-5-3-4-6-12(9)22-17(19)15-16(21-22)14-11(20-18(15)24)7-10(25-2)8-13(14)23/h3-8,23H,19H2,1-2H3,(H,20,24). The lowest BCUT2D eigenvalue weighted by atomic mass is 10.1. The van der Waals surface area contributed by atoms with Crippen molar-refractivity contribution in [2.75, 3.05) is 12.8 Å². The van der Waals surface area contributed by atoms with E-state index in [-0.39, 0.29) is 22.5 Å². The molecule has 0 unspecified atom stereocenters. The Hall–Kier alpha value is -3.48. The van der Waals surface area contributed by atoms with E-state index in [0.717, 1.165) is 11.3 Å². The molecule has 7 heteroatoms. The van der Waals surface area contributed by atoms with Crippen LogP contribution in [0.3, 0.4) is 0 Å². The Labute approximate surface area is 142 Å². The van der Waals surface area contributed by atoms with Crippen molar-refractivity contribution in [2.45, 2.75) is 6.92 Å². The number of aromatic amines is 1. The number of pyridine rings is 1. The fourth-order valence-electron chi connectivity index (χ4n) is 3.07. The van der Waals surface area contributed by atoms with Crippen LogP contribution in [0.4, 0.5) is 5.82 Å². The van der Waals surface area contributed by atoms with Gasteiger partial charge in [-0.2, -0.15) is 5.10 Å². The van der Waals surface area contributed by atoms with Gasteiger partial charge in [0, 0.05) is 12.1 Å². The van der Waals surface area contributed by atoms with Gasteiger partial charge < -0.3 is 20.6 Å². The number of benzene rings is 2. The molecule has 0 bridgehead atoms. The molecular weight excluding hydrogens is 320 g/mol. The largest absolute Gasteiger partial charge is 0.507 e. The van der Waals surface area contributed by atoms with Crippen molar-refractivity contribution in [3.8, 4) is 17.2 Å². The lowest BCUT2D eigenvalue weighted by Crippen LogP contribution is -2.08.